The summed E-state index contributed by atoms with van der Waals surface area (Å²) in [6, 6.07) is 6.67. The van der Waals surface area contributed by atoms with E-state index in [9.17, 15) is 0 Å². The third-order valence-electron chi connectivity index (χ3n) is 3.31. The highest BCUT2D eigenvalue weighted by Gasteiger charge is 2.14. The first-order valence-corrected chi connectivity index (χ1v) is 7.25. The first-order valence-electron chi connectivity index (χ1n) is 6.26. The summed E-state index contributed by atoms with van der Waals surface area (Å²) in [6.07, 6.45) is 4.46. The standard InChI is InChI=1S/C14H17N3S/c1-17-9-12(8-15)14(16-17)11-4-5-13-10(7-11)3-2-6-18-13/h4-5,7,9H,2-3,6,8,15H2,1H3. The van der Waals surface area contributed by atoms with E-state index in [1.807, 2.05) is 29.7 Å². The number of aryl methyl sites for hydroxylation is 2. The molecule has 0 unspecified atom stereocenters. The maximum atomic E-state index is 5.78. The molecule has 0 amide bonds. The first kappa shape index (κ1) is 11.8. The molecule has 0 saturated heterocycles. The van der Waals surface area contributed by atoms with Crippen molar-refractivity contribution in [1.82, 2.24) is 9.78 Å². The average molecular weight is 259 g/mol. The van der Waals surface area contributed by atoms with E-state index in [1.165, 1.54) is 34.6 Å². The van der Waals surface area contributed by atoms with E-state index in [-0.39, 0.29) is 0 Å². The maximum Gasteiger partial charge on any atom is 0.0968 e. The SMILES string of the molecule is Cn1cc(CN)c(-c2ccc3c(c2)CCCS3)n1. The number of hydrogen-bond acceptors (Lipinski definition) is 3. The molecule has 0 fully saturated rings. The Morgan fingerprint density at radius 2 is 2.33 bits per heavy atom. The number of rotatable bonds is 2. The lowest BCUT2D eigenvalue weighted by Crippen LogP contribution is -2.00. The van der Waals surface area contributed by atoms with Gasteiger partial charge in [0.15, 0.2) is 0 Å². The Kier molecular flexibility index (Phi) is 3.14. The molecule has 18 heavy (non-hydrogen) atoms. The minimum atomic E-state index is 0.537. The van der Waals surface area contributed by atoms with Gasteiger partial charge in [0.05, 0.1) is 5.69 Å². The van der Waals surface area contributed by atoms with Crippen LogP contribution in [0.1, 0.15) is 17.5 Å². The topological polar surface area (TPSA) is 43.8 Å². The first-order chi connectivity index (χ1) is 8.78. The van der Waals surface area contributed by atoms with Gasteiger partial charge in [0.2, 0.25) is 0 Å². The summed E-state index contributed by atoms with van der Waals surface area (Å²) < 4.78 is 1.84. The number of nitrogens with zero attached hydrogens (tertiary/aromatic N) is 2. The highest BCUT2D eigenvalue weighted by molar-refractivity contribution is 7.99. The molecule has 2 aromatic rings. The van der Waals surface area contributed by atoms with E-state index < -0.39 is 0 Å². The molecule has 0 atom stereocenters. The molecule has 3 nitrogen and oxygen atoms in total. The van der Waals surface area contributed by atoms with E-state index in [0.717, 1.165) is 11.3 Å². The van der Waals surface area contributed by atoms with Crippen molar-refractivity contribution in [3.05, 3.63) is 35.5 Å². The van der Waals surface area contributed by atoms with Crippen LogP contribution in [0.4, 0.5) is 0 Å². The molecule has 1 aliphatic rings. The molecule has 4 heteroatoms. The summed E-state index contributed by atoms with van der Waals surface area (Å²) in [6.45, 7) is 0.537. The van der Waals surface area contributed by atoms with Crippen LogP contribution in [0.5, 0.6) is 0 Å². The predicted octanol–water partition coefficient (Wildman–Crippen LogP) is 2.58. The van der Waals surface area contributed by atoms with E-state index in [1.54, 1.807) is 0 Å². The minimum Gasteiger partial charge on any atom is -0.326 e. The molecular formula is C14H17N3S. The number of nitrogens with two attached hydrogens (primary N) is 1. The highest BCUT2D eigenvalue weighted by Crippen LogP contribution is 2.33. The van der Waals surface area contributed by atoms with Crippen molar-refractivity contribution in [2.24, 2.45) is 12.8 Å². The summed E-state index contributed by atoms with van der Waals surface area (Å²) in [5.74, 6) is 1.24. The second-order valence-electron chi connectivity index (χ2n) is 4.66. The summed E-state index contributed by atoms with van der Waals surface area (Å²) >= 11 is 1.96. The zero-order valence-electron chi connectivity index (χ0n) is 10.5. The third-order valence-corrected chi connectivity index (χ3v) is 4.51. The molecule has 0 saturated carbocycles. The lowest BCUT2D eigenvalue weighted by molar-refractivity contribution is 0.769. The monoisotopic (exact) mass is 259 g/mol. The largest absolute Gasteiger partial charge is 0.326 e. The minimum absolute atomic E-state index is 0.537. The third kappa shape index (κ3) is 2.06. The number of thioether (sulfide) groups is 1. The Bertz CT molecular complexity index is 574. The number of aromatic nitrogens is 2. The summed E-state index contributed by atoms with van der Waals surface area (Å²) in [4.78, 5) is 1.43. The molecule has 0 spiro atoms. The molecular weight excluding hydrogens is 242 g/mol. The van der Waals surface area contributed by atoms with Gasteiger partial charge in [-0.05, 0) is 36.3 Å². The number of benzene rings is 1. The van der Waals surface area contributed by atoms with Crippen molar-refractivity contribution in [2.75, 3.05) is 5.75 Å². The van der Waals surface area contributed by atoms with Gasteiger partial charge in [0, 0.05) is 35.8 Å². The molecule has 1 aliphatic heterocycles. The molecule has 3 rings (SSSR count). The predicted molar refractivity (Wildman–Crippen MR) is 75.6 cm³/mol. The van der Waals surface area contributed by atoms with Gasteiger partial charge in [-0.15, -0.1) is 11.8 Å². The molecule has 2 N–H and O–H groups in total. The van der Waals surface area contributed by atoms with E-state index in [0.29, 0.717) is 6.54 Å². The summed E-state index contributed by atoms with van der Waals surface area (Å²) in [5, 5.41) is 4.53. The summed E-state index contributed by atoms with van der Waals surface area (Å²) in [5.41, 5.74) is 10.6. The number of hydrogen-bond donors (Lipinski definition) is 1. The van der Waals surface area contributed by atoms with Crippen LogP contribution in [-0.2, 0) is 20.0 Å². The van der Waals surface area contributed by atoms with Crippen molar-refractivity contribution in [1.29, 1.82) is 0 Å². The van der Waals surface area contributed by atoms with Crippen molar-refractivity contribution in [3.63, 3.8) is 0 Å². The van der Waals surface area contributed by atoms with Gasteiger partial charge in [-0.1, -0.05) is 6.07 Å². The zero-order valence-corrected chi connectivity index (χ0v) is 11.3. The Balaban J connectivity index is 2.06. The molecule has 1 aromatic carbocycles. The molecule has 1 aromatic heterocycles. The van der Waals surface area contributed by atoms with Crippen LogP contribution >= 0.6 is 11.8 Å². The second kappa shape index (κ2) is 4.78. The highest BCUT2D eigenvalue weighted by atomic mass is 32.2. The molecule has 0 aliphatic carbocycles. The fraction of sp³-hybridized carbons (Fsp3) is 0.357. The van der Waals surface area contributed by atoms with Crippen molar-refractivity contribution in [2.45, 2.75) is 24.3 Å². The Labute approximate surface area is 111 Å². The molecule has 0 bridgehead atoms. The van der Waals surface area contributed by atoms with Crippen LogP contribution in [0, 0.1) is 0 Å². The van der Waals surface area contributed by atoms with Gasteiger partial charge >= 0.3 is 0 Å². The van der Waals surface area contributed by atoms with E-state index in [4.69, 9.17) is 5.73 Å². The van der Waals surface area contributed by atoms with Crippen molar-refractivity contribution < 1.29 is 0 Å². The van der Waals surface area contributed by atoms with Crippen molar-refractivity contribution >= 4 is 11.8 Å². The molecule has 2 heterocycles. The second-order valence-corrected chi connectivity index (χ2v) is 5.79. The maximum absolute atomic E-state index is 5.78. The molecule has 94 valence electrons. The zero-order chi connectivity index (χ0) is 12.5. The average Bonchev–Trinajstić information content (AvgIpc) is 2.79. The van der Waals surface area contributed by atoms with E-state index in [2.05, 4.69) is 23.3 Å². The lowest BCUT2D eigenvalue weighted by Gasteiger charge is -2.15. The summed E-state index contributed by atoms with van der Waals surface area (Å²) in [7, 11) is 1.94. The Morgan fingerprint density at radius 3 is 3.17 bits per heavy atom. The van der Waals surface area contributed by atoms with Crippen LogP contribution in [0.3, 0.4) is 0 Å². The van der Waals surface area contributed by atoms with Crippen LogP contribution in [0.2, 0.25) is 0 Å². The smallest absolute Gasteiger partial charge is 0.0968 e. The quantitative estimate of drug-likeness (QED) is 0.901. The molecule has 0 radical (unpaired) electrons. The van der Waals surface area contributed by atoms with E-state index >= 15 is 0 Å². The Morgan fingerprint density at radius 1 is 1.44 bits per heavy atom. The van der Waals surface area contributed by atoms with Crippen molar-refractivity contribution in [3.8, 4) is 11.3 Å². The van der Waals surface area contributed by atoms with Crippen LogP contribution < -0.4 is 5.73 Å². The van der Waals surface area contributed by atoms with Gasteiger partial charge in [-0.3, -0.25) is 4.68 Å². The lowest BCUT2D eigenvalue weighted by atomic mass is 10.0. The van der Waals surface area contributed by atoms with Gasteiger partial charge < -0.3 is 5.73 Å². The van der Waals surface area contributed by atoms with Gasteiger partial charge in [-0.25, -0.2) is 0 Å². The normalized spacial score (nSPS) is 14.6. The van der Waals surface area contributed by atoms with Crippen LogP contribution in [-0.4, -0.2) is 15.5 Å². The van der Waals surface area contributed by atoms with Crippen LogP contribution in [0.25, 0.3) is 11.3 Å². The fourth-order valence-corrected chi connectivity index (χ4v) is 3.46. The van der Waals surface area contributed by atoms with Gasteiger partial charge in [0.25, 0.3) is 0 Å². The number of fused-ring (bicyclic) bond motifs is 1. The van der Waals surface area contributed by atoms with Gasteiger partial charge in [-0.2, -0.15) is 5.10 Å². The fourth-order valence-electron chi connectivity index (χ4n) is 2.44. The van der Waals surface area contributed by atoms with Crippen LogP contribution in [0.15, 0.2) is 29.3 Å². The van der Waals surface area contributed by atoms with Gasteiger partial charge in [0.1, 0.15) is 0 Å². The Hall–Kier alpha value is -1.26.